The predicted octanol–water partition coefficient (Wildman–Crippen LogP) is 4.68. The van der Waals surface area contributed by atoms with Crippen LogP contribution in [0.5, 0.6) is 0 Å². The molecule has 2 aromatic heterocycles. The van der Waals surface area contributed by atoms with Crippen molar-refractivity contribution < 1.29 is 19.1 Å². The van der Waals surface area contributed by atoms with Gasteiger partial charge in [0, 0.05) is 82.2 Å². The van der Waals surface area contributed by atoms with E-state index in [1.54, 1.807) is 42.2 Å². The molecule has 2 aliphatic rings. The zero-order valence-electron chi connectivity index (χ0n) is 27.0. The van der Waals surface area contributed by atoms with Crippen LogP contribution in [0, 0.1) is 0 Å². The number of hydrogen-bond acceptors (Lipinski definition) is 8. The average molecular weight is 639 g/mol. The second kappa shape index (κ2) is 14.6. The molecule has 1 saturated carbocycles. The van der Waals surface area contributed by atoms with Crippen LogP contribution < -0.4 is 10.6 Å². The molecule has 0 atom stereocenters. The lowest BCUT2D eigenvalue weighted by atomic mass is 10.2. The highest BCUT2D eigenvalue weighted by atomic mass is 16.6. The van der Waals surface area contributed by atoms with Crippen molar-refractivity contribution >= 4 is 40.6 Å². The van der Waals surface area contributed by atoms with Crippen molar-refractivity contribution in [3.05, 3.63) is 83.7 Å². The molecule has 0 spiro atoms. The molecule has 2 aromatic carbocycles. The summed E-state index contributed by atoms with van der Waals surface area (Å²) in [6.07, 6.45) is 5.78. The molecule has 1 aliphatic carbocycles. The van der Waals surface area contributed by atoms with E-state index in [1.165, 1.54) is 0 Å². The average Bonchev–Trinajstić information content (AvgIpc) is 3.76. The second-order valence-electron chi connectivity index (χ2n) is 12.3. The summed E-state index contributed by atoms with van der Waals surface area (Å²) in [7, 11) is 3.53. The van der Waals surface area contributed by atoms with Gasteiger partial charge in [0.1, 0.15) is 17.9 Å². The lowest BCUT2D eigenvalue weighted by molar-refractivity contribution is 0.0715. The molecule has 12 heteroatoms. The lowest BCUT2D eigenvalue weighted by Gasteiger charge is -2.34. The fraction of sp³-hybridized carbons (Fsp3) is 0.400. The van der Waals surface area contributed by atoms with Crippen LogP contribution in [0.1, 0.15) is 58.1 Å². The fourth-order valence-corrected chi connectivity index (χ4v) is 6.22. The van der Waals surface area contributed by atoms with Crippen LogP contribution in [-0.4, -0.2) is 101 Å². The maximum Gasteiger partial charge on any atom is 0.410 e. The minimum Gasteiger partial charge on any atom is -0.445 e. The molecule has 2 N–H and O–H groups in total. The number of carbonyl (C=O) groups excluding carboxylic acids is 3. The van der Waals surface area contributed by atoms with Gasteiger partial charge in [0.15, 0.2) is 0 Å². The van der Waals surface area contributed by atoms with E-state index in [0.29, 0.717) is 43.4 Å². The molecule has 246 valence electrons. The van der Waals surface area contributed by atoms with Gasteiger partial charge in [-0.25, -0.2) is 9.78 Å². The molecule has 47 heavy (non-hydrogen) atoms. The van der Waals surface area contributed by atoms with Gasteiger partial charge in [-0.3, -0.25) is 14.5 Å². The van der Waals surface area contributed by atoms with Gasteiger partial charge in [-0.1, -0.05) is 43.2 Å². The summed E-state index contributed by atoms with van der Waals surface area (Å²) >= 11 is 0. The Balaban J connectivity index is 0.981. The Morgan fingerprint density at radius 3 is 2.38 bits per heavy atom. The van der Waals surface area contributed by atoms with Crippen molar-refractivity contribution in [2.45, 2.75) is 38.3 Å². The maximum atomic E-state index is 13.0. The first-order valence-electron chi connectivity index (χ1n) is 16.3. The van der Waals surface area contributed by atoms with E-state index in [0.717, 1.165) is 61.1 Å². The molecule has 4 aromatic rings. The summed E-state index contributed by atoms with van der Waals surface area (Å²) in [6.45, 7) is 4.10. The molecular weight excluding hydrogens is 596 g/mol. The number of benzene rings is 2. The first kappa shape index (κ1) is 32.0. The van der Waals surface area contributed by atoms with Crippen LogP contribution in [0.3, 0.4) is 0 Å². The summed E-state index contributed by atoms with van der Waals surface area (Å²) in [5.41, 5.74) is 3.66. The van der Waals surface area contributed by atoms with Crippen molar-refractivity contribution in [2.75, 3.05) is 58.7 Å². The molecule has 3 heterocycles. The van der Waals surface area contributed by atoms with Gasteiger partial charge in [0.25, 0.3) is 11.8 Å². The summed E-state index contributed by atoms with van der Waals surface area (Å²) in [5.74, 6) is 0.239. The highest BCUT2D eigenvalue weighted by Gasteiger charge is 2.27. The van der Waals surface area contributed by atoms with E-state index in [2.05, 4.69) is 25.1 Å². The van der Waals surface area contributed by atoms with Crippen molar-refractivity contribution in [2.24, 2.45) is 0 Å². The quantitative estimate of drug-likeness (QED) is 0.257. The van der Waals surface area contributed by atoms with Crippen molar-refractivity contribution in [1.82, 2.24) is 34.6 Å². The molecule has 1 aliphatic heterocycles. The molecule has 1 saturated heterocycles. The van der Waals surface area contributed by atoms with Crippen LogP contribution in [0.4, 0.5) is 16.4 Å². The SMILES string of the molecule is CN(C)C(=O)c1cc2cnc(Nc3ccc(C(=O)NCCN4CCN(C(=O)OCc5ccccc5)CC4)cc3)nc2n1C1CCCC1. The number of anilines is 2. The second-order valence-corrected chi connectivity index (χ2v) is 12.3. The first-order valence-corrected chi connectivity index (χ1v) is 16.3. The van der Waals surface area contributed by atoms with E-state index in [-0.39, 0.29) is 30.6 Å². The summed E-state index contributed by atoms with van der Waals surface area (Å²) in [5, 5.41) is 7.08. The molecule has 3 amide bonds. The Kier molecular flexibility index (Phi) is 9.96. The molecule has 0 unspecified atom stereocenters. The minimum atomic E-state index is -0.295. The fourth-order valence-electron chi connectivity index (χ4n) is 6.22. The zero-order valence-corrected chi connectivity index (χ0v) is 27.0. The highest BCUT2D eigenvalue weighted by molar-refractivity contribution is 5.98. The third-order valence-electron chi connectivity index (χ3n) is 8.84. The molecule has 0 bridgehead atoms. The van der Waals surface area contributed by atoms with Crippen LogP contribution in [0.15, 0.2) is 66.9 Å². The number of nitrogens with one attached hydrogen (secondary N) is 2. The van der Waals surface area contributed by atoms with Crippen molar-refractivity contribution in [3.8, 4) is 0 Å². The summed E-state index contributed by atoms with van der Waals surface area (Å²) < 4.78 is 7.54. The van der Waals surface area contributed by atoms with Crippen LogP contribution in [0.2, 0.25) is 0 Å². The van der Waals surface area contributed by atoms with Crippen molar-refractivity contribution in [3.63, 3.8) is 0 Å². The van der Waals surface area contributed by atoms with E-state index in [9.17, 15) is 14.4 Å². The van der Waals surface area contributed by atoms with Gasteiger partial charge in [-0.05, 0) is 48.7 Å². The smallest absolute Gasteiger partial charge is 0.410 e. The van der Waals surface area contributed by atoms with Crippen molar-refractivity contribution in [1.29, 1.82) is 0 Å². The number of hydrogen-bond donors (Lipinski definition) is 2. The number of fused-ring (bicyclic) bond motifs is 1. The standard InChI is InChI=1S/C35H42N8O4/c1-40(2)33(45)30-22-27-23-37-34(39-31(27)43(30)29-10-6-7-11-29)38-28-14-12-26(13-15-28)32(44)36-16-17-41-18-20-42(21-19-41)35(46)47-24-25-8-4-3-5-9-25/h3-5,8-9,12-15,22-23,29H,6-7,10-11,16-21,24H2,1-2H3,(H,36,44)(H,37,38,39). The van der Waals surface area contributed by atoms with Gasteiger partial charge in [-0.2, -0.15) is 4.98 Å². The van der Waals surface area contributed by atoms with Gasteiger partial charge in [-0.15, -0.1) is 0 Å². The summed E-state index contributed by atoms with van der Waals surface area (Å²) in [4.78, 5) is 53.1. The molecule has 6 rings (SSSR count). The zero-order chi connectivity index (χ0) is 32.8. The topological polar surface area (TPSA) is 125 Å². The number of aromatic nitrogens is 3. The Morgan fingerprint density at radius 1 is 0.957 bits per heavy atom. The Bertz CT molecular complexity index is 1690. The van der Waals surface area contributed by atoms with E-state index < -0.39 is 0 Å². The van der Waals surface area contributed by atoms with E-state index >= 15 is 0 Å². The van der Waals surface area contributed by atoms with E-state index in [1.807, 2.05) is 48.5 Å². The minimum absolute atomic E-state index is 0.0439. The summed E-state index contributed by atoms with van der Waals surface area (Å²) in [6, 6.07) is 19.0. The van der Waals surface area contributed by atoms with Crippen LogP contribution in [0.25, 0.3) is 11.0 Å². The number of ether oxygens (including phenoxy) is 1. The first-order chi connectivity index (χ1) is 22.9. The Morgan fingerprint density at radius 2 is 1.68 bits per heavy atom. The molecule has 2 fully saturated rings. The largest absolute Gasteiger partial charge is 0.445 e. The Hall–Kier alpha value is -4.97. The highest BCUT2D eigenvalue weighted by Crippen LogP contribution is 2.35. The number of rotatable bonds is 10. The number of nitrogens with zero attached hydrogens (tertiary/aromatic N) is 6. The van der Waals surface area contributed by atoms with Gasteiger partial charge < -0.3 is 29.7 Å². The number of carbonyl (C=O) groups is 3. The lowest BCUT2D eigenvalue weighted by Crippen LogP contribution is -2.50. The number of piperazine rings is 1. The molecule has 0 radical (unpaired) electrons. The van der Waals surface area contributed by atoms with Crippen LogP contribution in [-0.2, 0) is 11.3 Å². The maximum absolute atomic E-state index is 13.0. The number of amides is 3. The molecule has 12 nitrogen and oxygen atoms in total. The monoisotopic (exact) mass is 638 g/mol. The van der Waals surface area contributed by atoms with Gasteiger partial charge in [0.2, 0.25) is 5.95 Å². The Labute approximate surface area is 274 Å². The third kappa shape index (κ3) is 7.71. The third-order valence-corrected chi connectivity index (χ3v) is 8.84. The van der Waals surface area contributed by atoms with Crippen LogP contribution >= 0.6 is 0 Å². The van der Waals surface area contributed by atoms with Gasteiger partial charge in [0.05, 0.1) is 0 Å². The molecular formula is C35H42N8O4. The predicted molar refractivity (Wildman–Crippen MR) is 180 cm³/mol. The van der Waals surface area contributed by atoms with E-state index in [4.69, 9.17) is 9.72 Å². The normalized spacial score (nSPS) is 15.5. The van der Waals surface area contributed by atoms with Gasteiger partial charge >= 0.3 is 6.09 Å².